The first-order valence-electron chi connectivity index (χ1n) is 4.79. The lowest BCUT2D eigenvalue weighted by molar-refractivity contribution is 0.00682. The number of esters is 1. The zero-order valence-electron chi connectivity index (χ0n) is 9.57. The minimum Gasteiger partial charge on any atom is -0.456 e. The number of hydrogen-bond donors (Lipinski definition) is 1. The predicted octanol–water partition coefficient (Wildman–Crippen LogP) is 0.834. The Kier molecular flexibility index (Phi) is 3.14. The highest BCUT2D eigenvalue weighted by atomic mass is 16.6. The van der Waals surface area contributed by atoms with Gasteiger partial charge in [-0.3, -0.25) is 4.68 Å². The van der Waals surface area contributed by atoms with Gasteiger partial charge in [0.2, 0.25) is 0 Å². The van der Waals surface area contributed by atoms with E-state index in [4.69, 9.17) is 10.5 Å². The number of nitrogens with two attached hydrogens (primary N) is 1. The van der Waals surface area contributed by atoms with E-state index in [1.54, 1.807) is 11.7 Å². The van der Waals surface area contributed by atoms with Gasteiger partial charge in [0.25, 0.3) is 0 Å². The zero-order chi connectivity index (χ0) is 11.6. The highest BCUT2D eigenvalue weighted by Gasteiger charge is 2.22. The van der Waals surface area contributed by atoms with E-state index in [-0.39, 0.29) is 12.5 Å². The van der Waals surface area contributed by atoms with Crippen molar-refractivity contribution in [2.24, 2.45) is 12.8 Å². The van der Waals surface area contributed by atoms with Crippen molar-refractivity contribution < 1.29 is 9.53 Å². The van der Waals surface area contributed by atoms with Crippen LogP contribution in [0, 0.1) is 0 Å². The van der Waals surface area contributed by atoms with Crippen molar-refractivity contribution in [1.29, 1.82) is 0 Å². The third-order valence-corrected chi connectivity index (χ3v) is 1.87. The SMILES string of the molecule is Cn1ncc(C(=O)OC(C)(C)C)c1CN. The van der Waals surface area contributed by atoms with E-state index in [1.807, 2.05) is 20.8 Å². The van der Waals surface area contributed by atoms with Gasteiger partial charge in [0.1, 0.15) is 11.2 Å². The van der Waals surface area contributed by atoms with Crippen LogP contribution in [0.1, 0.15) is 36.8 Å². The van der Waals surface area contributed by atoms with Gasteiger partial charge in [-0.05, 0) is 20.8 Å². The van der Waals surface area contributed by atoms with Gasteiger partial charge in [0, 0.05) is 13.6 Å². The summed E-state index contributed by atoms with van der Waals surface area (Å²) in [5, 5.41) is 3.97. The van der Waals surface area contributed by atoms with Gasteiger partial charge in [-0.1, -0.05) is 0 Å². The third kappa shape index (κ3) is 2.79. The van der Waals surface area contributed by atoms with E-state index < -0.39 is 5.60 Å². The molecule has 0 amide bonds. The number of carbonyl (C=O) groups excluding carboxylic acids is 1. The molecule has 0 aliphatic rings. The Morgan fingerprint density at radius 2 is 2.20 bits per heavy atom. The summed E-state index contributed by atoms with van der Waals surface area (Å²) in [6.45, 7) is 5.74. The lowest BCUT2D eigenvalue weighted by Gasteiger charge is -2.19. The Balaban J connectivity index is 2.92. The van der Waals surface area contributed by atoms with Crippen molar-refractivity contribution in [1.82, 2.24) is 9.78 Å². The Hall–Kier alpha value is -1.36. The van der Waals surface area contributed by atoms with Crippen LogP contribution in [0.25, 0.3) is 0 Å². The predicted molar refractivity (Wildman–Crippen MR) is 56.3 cm³/mol. The first kappa shape index (κ1) is 11.7. The van der Waals surface area contributed by atoms with Crippen molar-refractivity contribution in [3.8, 4) is 0 Å². The lowest BCUT2D eigenvalue weighted by Crippen LogP contribution is -2.24. The number of rotatable bonds is 2. The van der Waals surface area contributed by atoms with Crippen molar-refractivity contribution in [3.63, 3.8) is 0 Å². The van der Waals surface area contributed by atoms with Crippen LogP contribution in [-0.2, 0) is 18.3 Å². The van der Waals surface area contributed by atoms with Crippen LogP contribution < -0.4 is 5.73 Å². The van der Waals surface area contributed by atoms with Crippen molar-refractivity contribution in [2.45, 2.75) is 32.9 Å². The molecule has 1 heterocycles. The van der Waals surface area contributed by atoms with Crippen LogP contribution in [0.3, 0.4) is 0 Å². The fourth-order valence-corrected chi connectivity index (χ4v) is 1.21. The van der Waals surface area contributed by atoms with Crippen molar-refractivity contribution in [3.05, 3.63) is 17.5 Å². The van der Waals surface area contributed by atoms with Gasteiger partial charge in [-0.25, -0.2) is 4.79 Å². The lowest BCUT2D eigenvalue weighted by atomic mass is 10.2. The maximum absolute atomic E-state index is 11.7. The molecule has 84 valence electrons. The topological polar surface area (TPSA) is 70.1 Å². The van der Waals surface area contributed by atoms with Gasteiger partial charge in [-0.2, -0.15) is 5.10 Å². The average molecular weight is 211 g/mol. The molecule has 1 aromatic heterocycles. The summed E-state index contributed by atoms with van der Waals surface area (Å²) in [4.78, 5) is 11.7. The van der Waals surface area contributed by atoms with E-state index in [0.29, 0.717) is 11.3 Å². The molecule has 0 atom stereocenters. The van der Waals surface area contributed by atoms with Gasteiger partial charge < -0.3 is 10.5 Å². The molecule has 0 saturated carbocycles. The molecular formula is C10H17N3O2. The Labute approximate surface area is 89.2 Å². The number of aromatic nitrogens is 2. The van der Waals surface area contributed by atoms with Gasteiger partial charge in [0.05, 0.1) is 11.9 Å². The van der Waals surface area contributed by atoms with Crippen LogP contribution in [0.4, 0.5) is 0 Å². The molecule has 0 unspecified atom stereocenters. The molecule has 5 heteroatoms. The first-order chi connectivity index (χ1) is 6.85. The van der Waals surface area contributed by atoms with Gasteiger partial charge >= 0.3 is 5.97 Å². The molecule has 15 heavy (non-hydrogen) atoms. The van der Waals surface area contributed by atoms with E-state index in [1.165, 1.54) is 6.20 Å². The molecule has 0 radical (unpaired) electrons. The molecule has 2 N–H and O–H groups in total. The quantitative estimate of drug-likeness (QED) is 0.736. The number of nitrogens with zero attached hydrogens (tertiary/aromatic N) is 2. The Bertz CT molecular complexity index is 363. The summed E-state index contributed by atoms with van der Waals surface area (Å²) < 4.78 is 6.81. The second-order valence-electron chi connectivity index (χ2n) is 4.33. The van der Waals surface area contributed by atoms with Crippen LogP contribution in [0.2, 0.25) is 0 Å². The average Bonchev–Trinajstić information content (AvgIpc) is 2.43. The summed E-state index contributed by atoms with van der Waals surface area (Å²) >= 11 is 0. The first-order valence-corrected chi connectivity index (χ1v) is 4.79. The number of aryl methyl sites for hydroxylation is 1. The summed E-state index contributed by atoms with van der Waals surface area (Å²) in [5.41, 5.74) is 6.15. The third-order valence-electron chi connectivity index (χ3n) is 1.87. The minimum absolute atomic E-state index is 0.269. The van der Waals surface area contributed by atoms with Crippen LogP contribution >= 0.6 is 0 Å². The van der Waals surface area contributed by atoms with E-state index >= 15 is 0 Å². The molecule has 0 aliphatic heterocycles. The zero-order valence-corrected chi connectivity index (χ0v) is 9.57. The molecule has 1 rings (SSSR count). The normalized spacial score (nSPS) is 11.5. The molecule has 0 bridgehead atoms. The van der Waals surface area contributed by atoms with E-state index in [2.05, 4.69) is 5.10 Å². The highest BCUT2D eigenvalue weighted by molar-refractivity contribution is 5.90. The summed E-state index contributed by atoms with van der Waals surface area (Å²) in [5.74, 6) is -0.379. The molecule has 0 aliphatic carbocycles. The summed E-state index contributed by atoms with van der Waals surface area (Å²) in [6, 6.07) is 0. The Morgan fingerprint density at radius 3 is 2.67 bits per heavy atom. The van der Waals surface area contributed by atoms with E-state index in [0.717, 1.165) is 0 Å². The standard InChI is InChI=1S/C10H17N3O2/c1-10(2,3)15-9(14)7-6-12-13(4)8(7)5-11/h6H,5,11H2,1-4H3. The second kappa shape index (κ2) is 4.02. The number of hydrogen-bond acceptors (Lipinski definition) is 4. The molecule has 0 fully saturated rings. The van der Waals surface area contributed by atoms with E-state index in [9.17, 15) is 4.79 Å². The largest absolute Gasteiger partial charge is 0.456 e. The molecule has 0 saturated heterocycles. The van der Waals surface area contributed by atoms with Gasteiger partial charge in [0.15, 0.2) is 0 Å². The number of carbonyl (C=O) groups is 1. The summed E-state index contributed by atoms with van der Waals surface area (Å²) in [6.07, 6.45) is 1.48. The fraction of sp³-hybridized carbons (Fsp3) is 0.600. The molecule has 0 aromatic carbocycles. The summed E-state index contributed by atoms with van der Waals surface area (Å²) in [7, 11) is 1.75. The van der Waals surface area contributed by atoms with Crippen molar-refractivity contribution >= 4 is 5.97 Å². The highest BCUT2D eigenvalue weighted by Crippen LogP contribution is 2.14. The molecule has 1 aromatic rings. The van der Waals surface area contributed by atoms with Crippen LogP contribution in [0.5, 0.6) is 0 Å². The maximum Gasteiger partial charge on any atom is 0.342 e. The smallest absolute Gasteiger partial charge is 0.342 e. The minimum atomic E-state index is -0.501. The molecule has 0 spiro atoms. The molecule has 5 nitrogen and oxygen atoms in total. The molecular weight excluding hydrogens is 194 g/mol. The van der Waals surface area contributed by atoms with Crippen LogP contribution in [0.15, 0.2) is 6.20 Å². The maximum atomic E-state index is 11.7. The fourth-order valence-electron chi connectivity index (χ4n) is 1.21. The monoisotopic (exact) mass is 211 g/mol. The van der Waals surface area contributed by atoms with Crippen LogP contribution in [-0.4, -0.2) is 21.4 Å². The number of ether oxygens (including phenoxy) is 1. The second-order valence-corrected chi connectivity index (χ2v) is 4.33. The van der Waals surface area contributed by atoms with Gasteiger partial charge in [-0.15, -0.1) is 0 Å². The van der Waals surface area contributed by atoms with Crippen molar-refractivity contribution in [2.75, 3.05) is 0 Å². The Morgan fingerprint density at radius 1 is 1.60 bits per heavy atom.